The molecule has 1 atom stereocenters. The Bertz CT molecular complexity index is 887. The summed E-state index contributed by atoms with van der Waals surface area (Å²) in [4.78, 5) is 0.302. The summed E-state index contributed by atoms with van der Waals surface area (Å²) in [5.74, 6) is 0. The van der Waals surface area contributed by atoms with Crippen molar-refractivity contribution >= 4 is 15.6 Å². The van der Waals surface area contributed by atoms with Crippen LogP contribution in [0.4, 0.5) is 0 Å². The highest BCUT2D eigenvalue weighted by atomic mass is 32.2. The molecule has 5 heteroatoms. The third-order valence-electron chi connectivity index (χ3n) is 4.92. The number of hydrogen-bond donors (Lipinski definition) is 1. The number of piperidine rings is 1. The highest BCUT2D eigenvalue weighted by Crippen LogP contribution is 2.31. The van der Waals surface area contributed by atoms with E-state index in [0.29, 0.717) is 17.9 Å². The Kier molecular flexibility index (Phi) is 5.61. The molecule has 138 valence electrons. The van der Waals surface area contributed by atoms with E-state index in [2.05, 4.69) is 0 Å². The van der Waals surface area contributed by atoms with Gasteiger partial charge in [-0.3, -0.25) is 0 Å². The first-order chi connectivity index (χ1) is 12.4. The summed E-state index contributed by atoms with van der Waals surface area (Å²) in [6.45, 7) is 4.53. The summed E-state index contributed by atoms with van der Waals surface area (Å²) in [6.07, 6.45) is 0.556. The van der Waals surface area contributed by atoms with Crippen LogP contribution in [0.3, 0.4) is 0 Å². The van der Waals surface area contributed by atoms with Crippen molar-refractivity contribution in [3.8, 4) is 0 Å². The summed E-state index contributed by atoms with van der Waals surface area (Å²) in [7, 11) is -3.57. The van der Waals surface area contributed by atoms with E-state index in [1.165, 1.54) is 4.31 Å². The number of aliphatic hydroxyl groups excluding tert-OH is 1. The summed E-state index contributed by atoms with van der Waals surface area (Å²) < 4.78 is 27.5. The molecular formula is C21H25NO3S. The number of benzene rings is 2. The average molecular weight is 372 g/mol. The van der Waals surface area contributed by atoms with Crippen molar-refractivity contribution in [3.05, 3.63) is 71.3 Å². The molecule has 1 fully saturated rings. The van der Waals surface area contributed by atoms with Gasteiger partial charge < -0.3 is 5.11 Å². The first-order valence-electron chi connectivity index (χ1n) is 8.95. The average Bonchev–Trinajstić information content (AvgIpc) is 2.65. The van der Waals surface area contributed by atoms with Gasteiger partial charge in [0.25, 0.3) is 0 Å². The standard InChI is InChI=1S/C21H25NO3S/c1-3-19(17-7-5-4-6-8-17)20-15-22(14-13-21(20)23)26(24,25)18-11-9-16(2)10-12-18/h4-12,21,23H,3,13-15H2,1-2H3. The number of rotatable bonds is 4. The lowest BCUT2D eigenvalue weighted by atomic mass is 9.91. The van der Waals surface area contributed by atoms with Gasteiger partial charge in [0.2, 0.25) is 10.0 Å². The minimum absolute atomic E-state index is 0.232. The van der Waals surface area contributed by atoms with E-state index >= 15 is 0 Å². The summed E-state index contributed by atoms with van der Waals surface area (Å²) >= 11 is 0. The summed E-state index contributed by atoms with van der Waals surface area (Å²) in [5.41, 5.74) is 3.90. The maximum Gasteiger partial charge on any atom is 0.243 e. The van der Waals surface area contributed by atoms with Crippen LogP contribution in [0, 0.1) is 6.92 Å². The molecule has 1 saturated heterocycles. The third-order valence-corrected chi connectivity index (χ3v) is 6.78. The lowest BCUT2D eigenvalue weighted by Crippen LogP contribution is -2.42. The first kappa shape index (κ1) is 18.8. The van der Waals surface area contributed by atoms with Gasteiger partial charge in [0, 0.05) is 13.1 Å². The Morgan fingerprint density at radius 3 is 2.38 bits per heavy atom. The van der Waals surface area contributed by atoms with Gasteiger partial charge in [0.05, 0.1) is 11.0 Å². The Balaban J connectivity index is 1.97. The molecule has 2 aromatic rings. The number of sulfonamides is 1. The van der Waals surface area contributed by atoms with Gasteiger partial charge in [0.15, 0.2) is 0 Å². The van der Waals surface area contributed by atoms with Gasteiger partial charge in [0.1, 0.15) is 0 Å². The van der Waals surface area contributed by atoms with Gasteiger partial charge in [-0.1, -0.05) is 55.0 Å². The predicted octanol–water partition coefficient (Wildman–Crippen LogP) is 3.61. The van der Waals surface area contributed by atoms with Crippen molar-refractivity contribution in [2.45, 2.75) is 37.7 Å². The molecule has 0 aliphatic carbocycles. The van der Waals surface area contributed by atoms with E-state index in [-0.39, 0.29) is 6.54 Å². The molecular weight excluding hydrogens is 346 g/mol. The minimum atomic E-state index is -3.57. The van der Waals surface area contributed by atoms with E-state index in [1.807, 2.05) is 56.3 Å². The van der Waals surface area contributed by atoms with Crippen molar-refractivity contribution in [3.63, 3.8) is 0 Å². The molecule has 1 aliphatic heterocycles. The molecule has 0 spiro atoms. The lowest BCUT2D eigenvalue weighted by molar-refractivity contribution is 0.163. The Morgan fingerprint density at radius 2 is 1.77 bits per heavy atom. The second-order valence-electron chi connectivity index (χ2n) is 6.68. The third kappa shape index (κ3) is 3.75. The zero-order valence-corrected chi connectivity index (χ0v) is 16.0. The van der Waals surface area contributed by atoms with Crippen LogP contribution in [0.15, 0.2) is 65.1 Å². The van der Waals surface area contributed by atoms with Gasteiger partial charge in [-0.15, -0.1) is 0 Å². The number of allylic oxidation sites excluding steroid dienone is 1. The van der Waals surface area contributed by atoms with Crippen molar-refractivity contribution in [2.24, 2.45) is 0 Å². The molecule has 1 N–H and O–H groups in total. The van der Waals surface area contributed by atoms with Gasteiger partial charge in [-0.25, -0.2) is 8.42 Å². The largest absolute Gasteiger partial charge is 0.389 e. The normalized spacial score (nSPS) is 20.8. The molecule has 1 unspecified atom stereocenters. The van der Waals surface area contributed by atoms with Crippen LogP contribution in [-0.4, -0.2) is 37.0 Å². The van der Waals surface area contributed by atoms with Crippen LogP contribution in [0.25, 0.3) is 5.57 Å². The molecule has 0 aromatic heterocycles. The number of aryl methyl sites for hydroxylation is 1. The van der Waals surface area contributed by atoms with Crippen LogP contribution in [-0.2, 0) is 10.0 Å². The van der Waals surface area contributed by atoms with Crippen LogP contribution in [0.5, 0.6) is 0 Å². The molecule has 0 amide bonds. The molecule has 0 radical (unpaired) electrons. The maximum atomic E-state index is 13.0. The highest BCUT2D eigenvalue weighted by molar-refractivity contribution is 7.89. The van der Waals surface area contributed by atoms with Crippen molar-refractivity contribution in [1.29, 1.82) is 0 Å². The van der Waals surface area contributed by atoms with E-state index in [9.17, 15) is 13.5 Å². The fraction of sp³-hybridized carbons (Fsp3) is 0.333. The zero-order chi connectivity index (χ0) is 18.7. The number of nitrogens with zero attached hydrogens (tertiary/aromatic N) is 1. The molecule has 2 aromatic carbocycles. The first-order valence-corrected chi connectivity index (χ1v) is 10.4. The smallest absolute Gasteiger partial charge is 0.243 e. The van der Waals surface area contributed by atoms with Crippen LogP contribution < -0.4 is 0 Å². The molecule has 26 heavy (non-hydrogen) atoms. The highest BCUT2D eigenvalue weighted by Gasteiger charge is 2.32. The second kappa shape index (κ2) is 7.74. The fourth-order valence-corrected chi connectivity index (χ4v) is 4.86. The Labute approximate surface area is 155 Å². The molecule has 0 saturated carbocycles. The number of aliphatic hydroxyl groups is 1. The molecule has 3 rings (SSSR count). The SMILES string of the molecule is CCC(=C1CN(S(=O)(=O)c2ccc(C)cc2)CCC1O)c1ccccc1. The van der Waals surface area contributed by atoms with Crippen molar-refractivity contribution in [2.75, 3.05) is 13.1 Å². The van der Waals surface area contributed by atoms with E-state index in [4.69, 9.17) is 0 Å². The van der Waals surface area contributed by atoms with Crippen LogP contribution in [0.2, 0.25) is 0 Å². The molecule has 1 heterocycles. The monoisotopic (exact) mass is 371 g/mol. The topological polar surface area (TPSA) is 57.6 Å². The van der Waals surface area contributed by atoms with Crippen molar-refractivity contribution < 1.29 is 13.5 Å². The van der Waals surface area contributed by atoms with Gasteiger partial charge >= 0.3 is 0 Å². The predicted molar refractivity (Wildman–Crippen MR) is 104 cm³/mol. The molecule has 1 aliphatic rings. The molecule has 0 bridgehead atoms. The van der Waals surface area contributed by atoms with E-state index < -0.39 is 16.1 Å². The quantitative estimate of drug-likeness (QED) is 0.893. The summed E-state index contributed by atoms with van der Waals surface area (Å²) in [5, 5.41) is 10.5. The second-order valence-corrected chi connectivity index (χ2v) is 8.62. The fourth-order valence-electron chi connectivity index (χ4n) is 3.43. The Morgan fingerprint density at radius 1 is 1.12 bits per heavy atom. The van der Waals surface area contributed by atoms with Crippen molar-refractivity contribution in [1.82, 2.24) is 4.31 Å². The van der Waals surface area contributed by atoms with E-state index in [0.717, 1.165) is 28.7 Å². The maximum absolute atomic E-state index is 13.0. The van der Waals surface area contributed by atoms with Crippen LogP contribution >= 0.6 is 0 Å². The van der Waals surface area contributed by atoms with Crippen LogP contribution in [0.1, 0.15) is 30.9 Å². The summed E-state index contributed by atoms with van der Waals surface area (Å²) in [6, 6.07) is 16.8. The van der Waals surface area contributed by atoms with Gasteiger partial charge in [-0.2, -0.15) is 4.31 Å². The number of hydrogen-bond acceptors (Lipinski definition) is 3. The van der Waals surface area contributed by atoms with Gasteiger partial charge in [-0.05, 0) is 48.6 Å². The lowest BCUT2D eigenvalue weighted by Gasteiger charge is -2.33. The molecule has 4 nitrogen and oxygen atoms in total. The zero-order valence-electron chi connectivity index (χ0n) is 15.2. The Hall–Kier alpha value is -1.95. The van der Waals surface area contributed by atoms with E-state index in [1.54, 1.807) is 12.1 Å². The minimum Gasteiger partial charge on any atom is -0.389 e.